The monoisotopic (exact) mass is 630 g/mol. The molecule has 0 N–H and O–H groups in total. The Labute approximate surface area is 271 Å². The average Bonchev–Trinajstić information content (AvgIpc) is 3.68. The number of esters is 1. The molecular formula is C38H32BClO6. The third kappa shape index (κ3) is 5.24. The Bertz CT molecular complexity index is 2250. The minimum absolute atomic E-state index is 0.328. The van der Waals surface area contributed by atoms with Crippen LogP contribution in [0, 0.1) is 0 Å². The van der Waals surface area contributed by atoms with Crippen LogP contribution in [0.25, 0.3) is 55.0 Å². The summed E-state index contributed by atoms with van der Waals surface area (Å²) in [4.78, 5) is 12.1. The molecule has 8 heteroatoms. The molecule has 0 radical (unpaired) electrons. The van der Waals surface area contributed by atoms with Gasteiger partial charge in [0.05, 0.1) is 23.9 Å². The van der Waals surface area contributed by atoms with Gasteiger partial charge in [-0.05, 0) is 86.7 Å². The summed E-state index contributed by atoms with van der Waals surface area (Å²) in [5.41, 5.74) is 5.95. The van der Waals surface area contributed by atoms with E-state index in [2.05, 4.69) is 39.8 Å². The molecule has 0 saturated carbocycles. The Balaban J connectivity index is 0.000000147. The molecule has 6 nitrogen and oxygen atoms in total. The Morgan fingerprint density at radius 2 is 1.20 bits per heavy atom. The van der Waals surface area contributed by atoms with Gasteiger partial charge in [0, 0.05) is 26.6 Å². The van der Waals surface area contributed by atoms with Gasteiger partial charge in [-0.2, -0.15) is 0 Å². The van der Waals surface area contributed by atoms with Gasteiger partial charge in [-0.1, -0.05) is 72.3 Å². The van der Waals surface area contributed by atoms with E-state index in [4.69, 9.17) is 34.5 Å². The average molecular weight is 631 g/mol. The molecule has 5 aromatic carbocycles. The summed E-state index contributed by atoms with van der Waals surface area (Å²) in [5, 5.41) is 4.77. The Morgan fingerprint density at radius 1 is 0.652 bits per heavy atom. The van der Waals surface area contributed by atoms with E-state index >= 15 is 0 Å². The normalized spacial score (nSPS) is 15.4. The first kappa shape index (κ1) is 30.1. The number of rotatable bonds is 3. The van der Waals surface area contributed by atoms with E-state index in [0.29, 0.717) is 10.6 Å². The smallest absolute Gasteiger partial charge is 0.465 e. The fraction of sp³-hybridized carbons (Fsp3) is 0.184. The van der Waals surface area contributed by atoms with Crippen molar-refractivity contribution in [2.45, 2.75) is 38.9 Å². The number of hydrogen-bond donors (Lipinski definition) is 0. The molecule has 0 spiro atoms. The fourth-order valence-electron chi connectivity index (χ4n) is 5.81. The molecule has 0 bridgehead atoms. The van der Waals surface area contributed by atoms with Gasteiger partial charge in [-0.15, -0.1) is 0 Å². The lowest BCUT2D eigenvalue weighted by molar-refractivity contribution is 0.00578. The summed E-state index contributed by atoms with van der Waals surface area (Å²) in [6.07, 6.45) is 0. The van der Waals surface area contributed by atoms with Gasteiger partial charge in [0.25, 0.3) is 0 Å². The molecule has 0 atom stereocenters. The molecule has 1 aliphatic rings. The highest BCUT2D eigenvalue weighted by Gasteiger charge is 2.51. The first-order valence-corrected chi connectivity index (χ1v) is 15.5. The van der Waals surface area contributed by atoms with Gasteiger partial charge in [-0.25, -0.2) is 4.79 Å². The summed E-state index contributed by atoms with van der Waals surface area (Å²) < 4.78 is 28.9. The van der Waals surface area contributed by atoms with Crippen molar-refractivity contribution in [3.63, 3.8) is 0 Å². The number of benzene rings is 5. The second-order valence-corrected chi connectivity index (χ2v) is 12.9. The Hall–Kier alpha value is -4.56. The zero-order chi connectivity index (χ0) is 32.2. The van der Waals surface area contributed by atoms with E-state index in [1.54, 1.807) is 12.1 Å². The molecule has 1 aliphatic heterocycles. The first-order chi connectivity index (χ1) is 22.0. The van der Waals surface area contributed by atoms with E-state index in [0.717, 1.165) is 60.5 Å². The molecule has 0 aliphatic carbocycles. The minimum Gasteiger partial charge on any atom is -0.465 e. The van der Waals surface area contributed by atoms with Crippen molar-refractivity contribution in [1.82, 2.24) is 0 Å². The molecule has 3 heterocycles. The van der Waals surface area contributed by atoms with E-state index in [9.17, 15) is 4.79 Å². The number of carbonyl (C=O) groups is 1. The first-order valence-electron chi connectivity index (χ1n) is 15.1. The number of furan rings is 2. The van der Waals surface area contributed by atoms with Crippen LogP contribution in [0.1, 0.15) is 38.1 Å². The zero-order valence-corrected chi connectivity index (χ0v) is 27.0. The lowest BCUT2D eigenvalue weighted by atomic mass is 9.78. The van der Waals surface area contributed by atoms with Gasteiger partial charge >= 0.3 is 13.1 Å². The summed E-state index contributed by atoms with van der Waals surface area (Å²) in [7, 11) is 1.02. The topological polar surface area (TPSA) is 71.0 Å². The number of carbonyl (C=O) groups excluding carboxylic acids is 1. The number of hydrogen-bond acceptors (Lipinski definition) is 6. The van der Waals surface area contributed by atoms with Crippen LogP contribution in [-0.4, -0.2) is 31.4 Å². The third-order valence-corrected chi connectivity index (χ3v) is 9.24. The largest absolute Gasteiger partial charge is 0.494 e. The summed E-state index contributed by atoms with van der Waals surface area (Å²) in [6.45, 7) is 8.27. The van der Waals surface area contributed by atoms with E-state index in [-0.39, 0.29) is 18.3 Å². The molecule has 230 valence electrons. The predicted molar refractivity (Wildman–Crippen MR) is 185 cm³/mol. The van der Waals surface area contributed by atoms with Crippen LogP contribution in [0.3, 0.4) is 0 Å². The molecule has 46 heavy (non-hydrogen) atoms. The van der Waals surface area contributed by atoms with E-state index in [1.165, 1.54) is 7.11 Å². The lowest BCUT2D eigenvalue weighted by Gasteiger charge is -2.32. The Kier molecular flexibility index (Phi) is 7.43. The summed E-state index contributed by atoms with van der Waals surface area (Å²) in [6, 6.07) is 33.2. The SMILES string of the molecule is CC1(C)OB(c2ccc3oc4ccccc4c3c2)OC1(C)C.COC(=O)c1cc(Cl)ccc1-c1ccc2oc3ccccc3c2c1. The molecule has 1 saturated heterocycles. The molecule has 1 fully saturated rings. The molecular weight excluding hydrogens is 599 g/mol. The van der Waals surface area contributed by atoms with Crippen molar-refractivity contribution in [3.05, 3.63) is 114 Å². The van der Waals surface area contributed by atoms with Gasteiger partial charge in [0.15, 0.2) is 0 Å². The maximum atomic E-state index is 12.1. The van der Waals surface area contributed by atoms with Crippen LogP contribution in [-0.2, 0) is 14.0 Å². The van der Waals surface area contributed by atoms with Gasteiger partial charge < -0.3 is 22.9 Å². The molecule has 8 rings (SSSR count). The number of halogens is 1. The summed E-state index contributed by atoms with van der Waals surface area (Å²) in [5.74, 6) is -0.412. The summed E-state index contributed by atoms with van der Waals surface area (Å²) >= 11 is 6.04. The van der Waals surface area contributed by atoms with Crippen molar-refractivity contribution in [2.75, 3.05) is 7.11 Å². The molecule has 0 unspecified atom stereocenters. The van der Waals surface area contributed by atoms with E-state index < -0.39 is 5.97 Å². The van der Waals surface area contributed by atoms with Crippen LogP contribution in [0.2, 0.25) is 5.02 Å². The van der Waals surface area contributed by atoms with Crippen LogP contribution >= 0.6 is 11.6 Å². The Morgan fingerprint density at radius 3 is 1.80 bits per heavy atom. The van der Waals surface area contributed by atoms with Gasteiger partial charge in [0.1, 0.15) is 22.3 Å². The van der Waals surface area contributed by atoms with Crippen molar-refractivity contribution in [2.24, 2.45) is 0 Å². The third-order valence-electron chi connectivity index (χ3n) is 9.00. The van der Waals surface area contributed by atoms with E-state index in [1.807, 2.05) is 78.9 Å². The number of methoxy groups -OCH3 is 1. The maximum Gasteiger partial charge on any atom is 0.494 e. The van der Waals surface area contributed by atoms with Crippen LogP contribution in [0.15, 0.2) is 112 Å². The van der Waals surface area contributed by atoms with Crippen LogP contribution < -0.4 is 5.46 Å². The predicted octanol–water partition coefficient (Wildman–Crippen LogP) is 9.58. The number of fused-ring (bicyclic) bond motifs is 6. The number of para-hydroxylation sites is 2. The second-order valence-electron chi connectivity index (χ2n) is 12.4. The second kappa shape index (κ2) is 11.4. The standard InChI is InChI=1S/C20H13ClO3.C18H19BO3/c1-23-20(22)17-11-13(21)7-8-14(17)12-6-9-19-16(10-12)15-4-2-3-5-18(15)24-19;1-17(2)18(3,4)22-19(21-17)12-9-10-16-14(11-12)13-7-5-6-8-15(13)20-16/h2-11H,1H3;5-11H,1-4H3. The fourth-order valence-corrected chi connectivity index (χ4v) is 5.98. The van der Waals surface area contributed by atoms with Crippen molar-refractivity contribution in [3.8, 4) is 11.1 Å². The maximum absolute atomic E-state index is 12.1. The van der Waals surface area contributed by atoms with Gasteiger partial charge in [0.2, 0.25) is 0 Å². The molecule has 2 aromatic heterocycles. The molecule has 7 aromatic rings. The highest BCUT2D eigenvalue weighted by Crippen LogP contribution is 2.37. The quantitative estimate of drug-likeness (QED) is 0.143. The highest BCUT2D eigenvalue weighted by molar-refractivity contribution is 6.62. The minimum atomic E-state index is -0.412. The van der Waals surface area contributed by atoms with Crippen molar-refractivity contribution < 1.29 is 27.7 Å². The van der Waals surface area contributed by atoms with Crippen molar-refractivity contribution >= 4 is 74.0 Å². The number of ether oxygens (including phenoxy) is 1. The molecule has 0 amide bonds. The van der Waals surface area contributed by atoms with Gasteiger partial charge in [-0.3, -0.25) is 0 Å². The zero-order valence-electron chi connectivity index (χ0n) is 26.2. The van der Waals surface area contributed by atoms with Crippen molar-refractivity contribution in [1.29, 1.82) is 0 Å². The van der Waals surface area contributed by atoms with Crippen LogP contribution in [0.4, 0.5) is 0 Å². The van der Waals surface area contributed by atoms with Crippen LogP contribution in [0.5, 0.6) is 0 Å². The highest BCUT2D eigenvalue weighted by atomic mass is 35.5. The lowest BCUT2D eigenvalue weighted by Crippen LogP contribution is -2.41.